The zero-order valence-corrected chi connectivity index (χ0v) is 7.49. The van der Waals surface area contributed by atoms with Gasteiger partial charge in [0.15, 0.2) is 0 Å². The van der Waals surface area contributed by atoms with Gasteiger partial charge in [0, 0.05) is 20.2 Å². The van der Waals surface area contributed by atoms with Gasteiger partial charge in [0.05, 0.1) is 6.10 Å². The van der Waals surface area contributed by atoms with E-state index in [4.69, 9.17) is 9.84 Å². The lowest BCUT2D eigenvalue weighted by molar-refractivity contribution is -0.138. The maximum Gasteiger partial charge on any atom is 0.251 e. The Morgan fingerprint density at radius 2 is 2.42 bits per heavy atom. The van der Waals surface area contributed by atoms with Gasteiger partial charge in [-0.1, -0.05) is 0 Å². The topological polar surface area (TPSA) is 49.8 Å². The Balaban J connectivity index is 2.41. The molecule has 0 aromatic heterocycles. The van der Waals surface area contributed by atoms with Crippen LogP contribution in [0.5, 0.6) is 0 Å². The van der Waals surface area contributed by atoms with E-state index in [0.29, 0.717) is 13.1 Å². The van der Waals surface area contributed by atoms with Gasteiger partial charge in [-0.15, -0.1) is 0 Å². The number of aliphatic hydroxyl groups is 1. The van der Waals surface area contributed by atoms with E-state index in [2.05, 4.69) is 0 Å². The Hall–Kier alpha value is -0.610. The van der Waals surface area contributed by atoms with Gasteiger partial charge in [-0.3, -0.25) is 4.79 Å². The van der Waals surface area contributed by atoms with Gasteiger partial charge in [0.25, 0.3) is 5.91 Å². The van der Waals surface area contributed by atoms with E-state index in [0.717, 1.165) is 6.42 Å². The summed E-state index contributed by atoms with van der Waals surface area (Å²) in [5.74, 6) is -0.199. The smallest absolute Gasteiger partial charge is 0.251 e. The van der Waals surface area contributed by atoms with Gasteiger partial charge >= 0.3 is 0 Å². The summed E-state index contributed by atoms with van der Waals surface area (Å²) in [6, 6.07) is 0. The molecule has 1 N–H and O–H groups in total. The van der Waals surface area contributed by atoms with Crippen LogP contribution in [0.2, 0.25) is 0 Å². The van der Waals surface area contributed by atoms with Crippen LogP contribution in [0.25, 0.3) is 0 Å². The van der Waals surface area contributed by atoms with Crippen molar-refractivity contribution in [2.75, 3.05) is 20.2 Å². The maximum absolute atomic E-state index is 11.2. The highest BCUT2D eigenvalue weighted by atomic mass is 16.5. The number of nitrogens with zero attached hydrogens (tertiary/aromatic N) is 1. The number of carbonyl (C=O) groups excluding carboxylic acids is 1. The molecule has 12 heavy (non-hydrogen) atoms. The first-order valence-electron chi connectivity index (χ1n) is 4.14. The normalized spacial score (nSPS) is 25.9. The molecule has 1 heterocycles. The summed E-state index contributed by atoms with van der Waals surface area (Å²) < 4.78 is 5.10. The van der Waals surface area contributed by atoms with E-state index >= 15 is 0 Å². The van der Waals surface area contributed by atoms with E-state index < -0.39 is 6.10 Å². The lowest BCUT2D eigenvalue weighted by atomic mass is 10.3. The second-order valence-corrected chi connectivity index (χ2v) is 3.11. The first-order chi connectivity index (χ1) is 5.65. The average molecular weight is 173 g/mol. The van der Waals surface area contributed by atoms with Crippen molar-refractivity contribution in [2.24, 2.45) is 0 Å². The molecule has 0 aromatic carbocycles. The molecule has 1 unspecified atom stereocenters. The third-order valence-electron chi connectivity index (χ3n) is 2.15. The van der Waals surface area contributed by atoms with Crippen LogP contribution in [0.4, 0.5) is 0 Å². The summed E-state index contributed by atoms with van der Waals surface area (Å²) in [6.07, 6.45) is 0.128. The third kappa shape index (κ3) is 1.95. The highest BCUT2D eigenvalue weighted by molar-refractivity contribution is 5.80. The van der Waals surface area contributed by atoms with E-state index in [-0.39, 0.29) is 12.0 Å². The van der Waals surface area contributed by atoms with Crippen LogP contribution in [0.15, 0.2) is 0 Å². The van der Waals surface area contributed by atoms with Crippen molar-refractivity contribution < 1.29 is 14.6 Å². The quantitative estimate of drug-likeness (QED) is 0.619. The summed E-state index contributed by atoms with van der Waals surface area (Å²) in [5, 5.41) is 9.01. The molecular weight excluding hydrogens is 158 g/mol. The number of methoxy groups -OCH3 is 1. The van der Waals surface area contributed by atoms with Crippen LogP contribution >= 0.6 is 0 Å². The monoisotopic (exact) mass is 173 g/mol. The van der Waals surface area contributed by atoms with Gasteiger partial charge in [-0.2, -0.15) is 0 Å². The Morgan fingerprint density at radius 3 is 2.83 bits per heavy atom. The molecule has 0 spiro atoms. The number of aliphatic hydroxyl groups excluding tert-OH is 1. The van der Waals surface area contributed by atoms with Crippen LogP contribution in [0.1, 0.15) is 13.3 Å². The van der Waals surface area contributed by atoms with Gasteiger partial charge in [0.2, 0.25) is 0 Å². The van der Waals surface area contributed by atoms with Crippen LogP contribution in [-0.4, -0.2) is 48.3 Å². The number of likely N-dealkylation sites (tertiary alicyclic amines) is 1. The number of rotatable bonds is 2. The molecule has 1 saturated heterocycles. The standard InChI is InChI=1S/C8H15NO3/c1-6(10)8(11)9-4-3-7(5-9)12-2/h6-7,10H,3-5H2,1-2H3/t6-,7?/m0/s1. The lowest BCUT2D eigenvalue weighted by Gasteiger charge is -2.17. The fourth-order valence-corrected chi connectivity index (χ4v) is 1.38. The lowest BCUT2D eigenvalue weighted by Crippen LogP contribution is -2.36. The molecule has 1 amide bonds. The van der Waals surface area contributed by atoms with E-state index in [1.54, 1.807) is 12.0 Å². The van der Waals surface area contributed by atoms with E-state index in [1.807, 2.05) is 0 Å². The zero-order valence-electron chi connectivity index (χ0n) is 7.49. The fourth-order valence-electron chi connectivity index (χ4n) is 1.38. The zero-order chi connectivity index (χ0) is 9.14. The van der Waals surface area contributed by atoms with Crippen LogP contribution in [0, 0.1) is 0 Å². The molecule has 1 aliphatic heterocycles. The maximum atomic E-state index is 11.2. The second kappa shape index (κ2) is 3.87. The first-order valence-corrected chi connectivity index (χ1v) is 4.14. The van der Waals surface area contributed by atoms with E-state index in [1.165, 1.54) is 6.92 Å². The van der Waals surface area contributed by atoms with Crippen molar-refractivity contribution in [3.05, 3.63) is 0 Å². The highest BCUT2D eigenvalue weighted by Gasteiger charge is 2.27. The summed E-state index contributed by atoms with van der Waals surface area (Å²) in [4.78, 5) is 12.9. The number of carbonyl (C=O) groups is 1. The fraction of sp³-hybridized carbons (Fsp3) is 0.875. The Bertz CT molecular complexity index is 170. The molecule has 4 heteroatoms. The van der Waals surface area contributed by atoms with Crippen molar-refractivity contribution in [1.29, 1.82) is 0 Å². The molecule has 4 nitrogen and oxygen atoms in total. The van der Waals surface area contributed by atoms with Crippen LogP contribution < -0.4 is 0 Å². The molecule has 2 atom stereocenters. The van der Waals surface area contributed by atoms with Crippen LogP contribution in [-0.2, 0) is 9.53 Å². The molecule has 0 aromatic rings. The Morgan fingerprint density at radius 1 is 1.75 bits per heavy atom. The number of amides is 1. The molecule has 1 aliphatic rings. The molecule has 0 saturated carbocycles. The summed E-state index contributed by atoms with van der Waals surface area (Å²) in [7, 11) is 1.64. The molecule has 0 radical (unpaired) electrons. The Kier molecular flexibility index (Phi) is 3.05. The second-order valence-electron chi connectivity index (χ2n) is 3.11. The summed E-state index contributed by atoms with van der Waals surface area (Å²) >= 11 is 0. The third-order valence-corrected chi connectivity index (χ3v) is 2.15. The van der Waals surface area contributed by atoms with Crippen molar-refractivity contribution in [3.63, 3.8) is 0 Å². The van der Waals surface area contributed by atoms with Crippen molar-refractivity contribution >= 4 is 5.91 Å². The van der Waals surface area contributed by atoms with Gasteiger partial charge < -0.3 is 14.7 Å². The first kappa shape index (κ1) is 9.48. The minimum Gasteiger partial charge on any atom is -0.384 e. The summed E-state index contributed by atoms with van der Waals surface area (Å²) in [5.41, 5.74) is 0. The van der Waals surface area contributed by atoms with Crippen molar-refractivity contribution in [2.45, 2.75) is 25.6 Å². The summed E-state index contributed by atoms with van der Waals surface area (Å²) in [6.45, 7) is 2.80. The predicted molar refractivity (Wildman–Crippen MR) is 43.7 cm³/mol. The molecule has 1 fully saturated rings. The largest absolute Gasteiger partial charge is 0.384 e. The molecular formula is C8H15NO3. The average Bonchev–Trinajstić information content (AvgIpc) is 2.50. The highest BCUT2D eigenvalue weighted by Crippen LogP contribution is 2.12. The van der Waals surface area contributed by atoms with E-state index in [9.17, 15) is 4.79 Å². The minimum absolute atomic E-state index is 0.146. The minimum atomic E-state index is -0.888. The van der Waals surface area contributed by atoms with Crippen LogP contribution in [0.3, 0.4) is 0 Å². The van der Waals surface area contributed by atoms with Gasteiger partial charge in [-0.05, 0) is 13.3 Å². The molecule has 0 bridgehead atoms. The number of hydrogen-bond donors (Lipinski definition) is 1. The predicted octanol–water partition coefficient (Wildman–Crippen LogP) is -0.385. The van der Waals surface area contributed by atoms with Crippen molar-refractivity contribution in [3.8, 4) is 0 Å². The molecule has 1 rings (SSSR count). The molecule has 0 aliphatic carbocycles. The number of hydrogen-bond acceptors (Lipinski definition) is 3. The Labute approximate surface area is 72.1 Å². The van der Waals surface area contributed by atoms with Gasteiger partial charge in [0.1, 0.15) is 6.10 Å². The van der Waals surface area contributed by atoms with Gasteiger partial charge in [-0.25, -0.2) is 0 Å². The van der Waals surface area contributed by atoms with Crippen molar-refractivity contribution in [1.82, 2.24) is 4.90 Å². The number of ether oxygens (including phenoxy) is 1. The molecule has 70 valence electrons. The SMILES string of the molecule is COC1CCN(C(=O)[C@H](C)O)C1.